The molecule has 6 nitrogen and oxygen atoms in total. The van der Waals surface area contributed by atoms with Gasteiger partial charge in [0.15, 0.2) is 5.75 Å². The van der Waals surface area contributed by atoms with Crippen molar-refractivity contribution in [1.29, 1.82) is 0 Å². The molecule has 240 valence electrons. The maximum Gasteiger partial charge on any atom is 0.297 e. The highest BCUT2D eigenvalue weighted by atomic mass is 16.5. The average molecular weight is 603 g/mol. The van der Waals surface area contributed by atoms with Crippen LogP contribution in [0.4, 0.5) is 5.69 Å². The topological polar surface area (TPSA) is 69.6 Å². The van der Waals surface area contributed by atoms with Crippen LogP contribution < -0.4 is 20.3 Å². The van der Waals surface area contributed by atoms with Crippen LogP contribution in [0.1, 0.15) is 116 Å². The number of ether oxygens (including phenoxy) is 2. The van der Waals surface area contributed by atoms with Crippen molar-refractivity contribution in [2.45, 2.75) is 117 Å². The average Bonchev–Trinajstić information content (AvgIpc) is 3.04. The third kappa shape index (κ3) is 11.5. The molecule has 2 aromatic carbocycles. The number of rotatable bonds is 22. The molecule has 0 fully saturated rings. The van der Waals surface area contributed by atoms with Gasteiger partial charge in [-0.15, -0.1) is 0 Å². The van der Waals surface area contributed by atoms with E-state index in [0.29, 0.717) is 36.9 Å². The zero-order chi connectivity index (χ0) is 31.4. The quantitative estimate of drug-likeness (QED) is 0.0918. The van der Waals surface area contributed by atoms with Crippen molar-refractivity contribution in [2.24, 2.45) is 0 Å². The number of hydrogen-bond donors (Lipinski definition) is 1. The van der Waals surface area contributed by atoms with Crippen LogP contribution in [0.25, 0.3) is 17.0 Å². The smallest absolute Gasteiger partial charge is 0.297 e. The van der Waals surface area contributed by atoms with E-state index in [2.05, 4.69) is 26.1 Å². The number of nitrogens with one attached hydrogen (secondary N) is 1. The maximum atomic E-state index is 14.1. The van der Waals surface area contributed by atoms with Crippen molar-refractivity contribution in [3.05, 3.63) is 70.5 Å². The summed E-state index contributed by atoms with van der Waals surface area (Å²) >= 11 is 0. The van der Waals surface area contributed by atoms with Crippen LogP contribution in [0.5, 0.6) is 11.5 Å². The molecule has 0 radical (unpaired) electrons. The van der Waals surface area contributed by atoms with E-state index < -0.39 is 0 Å². The first-order valence-electron chi connectivity index (χ1n) is 17.1. The predicted octanol–water partition coefficient (Wildman–Crippen LogP) is 9.93. The summed E-state index contributed by atoms with van der Waals surface area (Å²) in [7, 11) is 0. The maximum absolute atomic E-state index is 14.1. The third-order valence-electron chi connectivity index (χ3n) is 7.90. The Labute approximate surface area is 264 Å². The number of aryl methyl sites for hydroxylation is 1. The molecule has 44 heavy (non-hydrogen) atoms. The number of carbonyl (C=O) groups excluding carboxylic acids is 1. The minimum atomic E-state index is -0.226. The van der Waals surface area contributed by atoms with E-state index in [4.69, 9.17) is 9.47 Å². The fourth-order valence-corrected chi connectivity index (χ4v) is 5.35. The second-order valence-electron chi connectivity index (χ2n) is 11.7. The Morgan fingerprint density at radius 3 is 2.00 bits per heavy atom. The van der Waals surface area contributed by atoms with Crippen molar-refractivity contribution in [2.75, 3.05) is 18.5 Å². The second kappa shape index (κ2) is 20.4. The van der Waals surface area contributed by atoms with E-state index in [1.54, 1.807) is 6.08 Å². The molecule has 1 aromatic heterocycles. The van der Waals surface area contributed by atoms with E-state index >= 15 is 0 Å². The van der Waals surface area contributed by atoms with Gasteiger partial charge in [-0.25, -0.2) is 0 Å². The summed E-state index contributed by atoms with van der Waals surface area (Å²) in [5.74, 6) is 0.620. The lowest BCUT2D eigenvalue weighted by atomic mass is 10.1. The number of unbranched alkanes of at least 4 members (excludes halogenated alkanes) is 11. The fraction of sp³-hybridized carbons (Fsp3) is 0.526. The molecule has 1 amide bonds. The van der Waals surface area contributed by atoms with Gasteiger partial charge in [-0.3, -0.25) is 9.59 Å². The Hall–Kier alpha value is -3.54. The zero-order valence-electron chi connectivity index (χ0n) is 27.4. The highest BCUT2D eigenvalue weighted by Crippen LogP contribution is 2.35. The molecule has 1 heterocycles. The summed E-state index contributed by atoms with van der Waals surface area (Å²) in [5.41, 5.74) is 2.19. The highest BCUT2D eigenvalue weighted by molar-refractivity contribution is 6.03. The summed E-state index contributed by atoms with van der Waals surface area (Å²) in [6.45, 7) is 8.22. The first kappa shape index (κ1) is 34.9. The SMILES string of the molecule is CCCCCCCCOc1c(OCCCCCC)c2ccc(NC(=O)C=Cc3ccccc3)cc2n(CCCCCC)c1=O. The Morgan fingerprint density at radius 2 is 1.32 bits per heavy atom. The number of fused-ring (bicyclic) bond motifs is 1. The second-order valence-corrected chi connectivity index (χ2v) is 11.7. The number of nitrogens with zero attached hydrogens (tertiary/aromatic N) is 1. The van der Waals surface area contributed by atoms with Crippen LogP contribution in [-0.4, -0.2) is 23.7 Å². The first-order valence-corrected chi connectivity index (χ1v) is 17.1. The van der Waals surface area contributed by atoms with Crippen molar-refractivity contribution in [3.63, 3.8) is 0 Å². The lowest BCUT2D eigenvalue weighted by molar-refractivity contribution is -0.111. The lowest BCUT2D eigenvalue weighted by Crippen LogP contribution is -2.24. The summed E-state index contributed by atoms with van der Waals surface area (Å²) in [6.07, 6.45) is 18.8. The molecule has 0 spiro atoms. The van der Waals surface area contributed by atoms with Crippen molar-refractivity contribution >= 4 is 28.6 Å². The number of pyridine rings is 1. The van der Waals surface area contributed by atoms with Gasteiger partial charge >= 0.3 is 0 Å². The molecule has 1 N–H and O–H groups in total. The zero-order valence-corrected chi connectivity index (χ0v) is 27.4. The number of anilines is 1. The summed E-state index contributed by atoms with van der Waals surface area (Å²) in [5, 5.41) is 3.82. The molecule has 0 atom stereocenters. The monoisotopic (exact) mass is 602 g/mol. The Morgan fingerprint density at radius 1 is 0.727 bits per heavy atom. The van der Waals surface area contributed by atoms with Gasteiger partial charge < -0.3 is 19.4 Å². The molecule has 0 aliphatic rings. The molecule has 3 aromatic rings. The van der Waals surface area contributed by atoms with Gasteiger partial charge in [-0.05, 0) is 49.1 Å². The van der Waals surface area contributed by atoms with E-state index in [1.807, 2.05) is 53.1 Å². The molecular formula is C38H54N2O4. The molecule has 6 heteroatoms. The first-order chi connectivity index (χ1) is 21.6. The van der Waals surface area contributed by atoms with Gasteiger partial charge in [0, 0.05) is 23.7 Å². The van der Waals surface area contributed by atoms with Crippen LogP contribution in [-0.2, 0) is 11.3 Å². The number of aromatic nitrogens is 1. The van der Waals surface area contributed by atoms with E-state index in [9.17, 15) is 9.59 Å². The molecular weight excluding hydrogens is 548 g/mol. The van der Waals surface area contributed by atoms with Gasteiger partial charge in [0.2, 0.25) is 11.7 Å². The number of amides is 1. The van der Waals surface area contributed by atoms with E-state index in [0.717, 1.165) is 80.7 Å². The molecule has 0 unspecified atom stereocenters. The van der Waals surface area contributed by atoms with Crippen molar-refractivity contribution < 1.29 is 14.3 Å². The molecule has 3 rings (SSSR count). The van der Waals surface area contributed by atoms with Crippen LogP contribution >= 0.6 is 0 Å². The van der Waals surface area contributed by atoms with Crippen molar-refractivity contribution in [3.8, 4) is 11.5 Å². The van der Waals surface area contributed by atoms with Crippen molar-refractivity contribution in [1.82, 2.24) is 4.57 Å². The molecule has 0 saturated carbocycles. The van der Waals surface area contributed by atoms with Gasteiger partial charge in [-0.1, -0.05) is 122 Å². The van der Waals surface area contributed by atoms with Crippen LogP contribution in [0, 0.1) is 0 Å². The Bertz CT molecular complexity index is 1350. The lowest BCUT2D eigenvalue weighted by Gasteiger charge is -2.19. The van der Waals surface area contributed by atoms with Crippen LogP contribution in [0.15, 0.2) is 59.4 Å². The Balaban J connectivity index is 1.92. The van der Waals surface area contributed by atoms with Gasteiger partial charge in [0.25, 0.3) is 5.56 Å². The van der Waals surface area contributed by atoms with Crippen LogP contribution in [0.3, 0.4) is 0 Å². The largest absolute Gasteiger partial charge is 0.489 e. The minimum Gasteiger partial charge on any atom is -0.489 e. The normalized spacial score (nSPS) is 11.3. The summed E-state index contributed by atoms with van der Waals surface area (Å²) in [6, 6.07) is 15.5. The van der Waals surface area contributed by atoms with E-state index in [-0.39, 0.29) is 11.5 Å². The number of carbonyl (C=O) groups is 1. The standard InChI is InChI=1S/C38H54N2O4/c1-4-7-10-13-14-20-29-44-37-36(43-28-19-12-9-6-3)33-25-24-32(39-35(41)26-23-31-21-16-15-17-22-31)30-34(33)40(38(37)42)27-18-11-8-5-2/h15-17,21-26,30H,4-14,18-20,27-29H2,1-3H3,(H,39,41). The van der Waals surface area contributed by atoms with E-state index in [1.165, 1.54) is 31.8 Å². The molecule has 0 aliphatic heterocycles. The van der Waals surface area contributed by atoms with Gasteiger partial charge in [0.1, 0.15) is 0 Å². The highest BCUT2D eigenvalue weighted by Gasteiger charge is 2.20. The Kier molecular flexibility index (Phi) is 16.2. The number of benzene rings is 2. The fourth-order valence-electron chi connectivity index (χ4n) is 5.35. The van der Waals surface area contributed by atoms with Gasteiger partial charge in [-0.2, -0.15) is 0 Å². The minimum absolute atomic E-state index is 0.156. The van der Waals surface area contributed by atoms with Gasteiger partial charge in [0.05, 0.1) is 18.7 Å². The number of hydrogen-bond acceptors (Lipinski definition) is 4. The summed E-state index contributed by atoms with van der Waals surface area (Å²) in [4.78, 5) is 26.8. The molecule has 0 aliphatic carbocycles. The molecule has 0 bridgehead atoms. The molecule has 0 saturated heterocycles. The third-order valence-corrected chi connectivity index (χ3v) is 7.90. The summed E-state index contributed by atoms with van der Waals surface area (Å²) < 4.78 is 14.4. The van der Waals surface area contributed by atoms with Crippen LogP contribution in [0.2, 0.25) is 0 Å². The predicted molar refractivity (Wildman–Crippen MR) is 185 cm³/mol.